The smallest absolute Gasteiger partial charge is 0.291 e. The summed E-state index contributed by atoms with van der Waals surface area (Å²) in [5, 5.41) is 11.5. The Labute approximate surface area is 228 Å². The van der Waals surface area contributed by atoms with E-state index in [9.17, 15) is 4.79 Å². The predicted octanol–water partition coefficient (Wildman–Crippen LogP) is 3.71. The highest BCUT2D eigenvalue weighted by atomic mass is 16.5. The molecule has 10 nitrogen and oxygen atoms in total. The molecule has 202 valence electrons. The number of para-hydroxylation sites is 1. The number of nitrogens with zero attached hydrogens (tertiary/aromatic N) is 4. The van der Waals surface area contributed by atoms with Gasteiger partial charge in [0.2, 0.25) is 12.1 Å². The lowest BCUT2D eigenvalue weighted by Crippen LogP contribution is -2.37. The van der Waals surface area contributed by atoms with E-state index < -0.39 is 12.1 Å². The maximum absolute atomic E-state index is 13.1. The highest BCUT2D eigenvalue weighted by molar-refractivity contribution is 6.19. The normalized spacial score (nSPS) is 19.0. The lowest BCUT2D eigenvalue weighted by Gasteiger charge is -2.33. The summed E-state index contributed by atoms with van der Waals surface area (Å²) in [5.74, 6) is -0.229. The number of piperidine rings is 1. The van der Waals surface area contributed by atoms with Crippen molar-refractivity contribution in [3.05, 3.63) is 89.3 Å². The second-order valence-electron chi connectivity index (χ2n) is 8.97. The molecular weight excluding hydrogens is 494 g/mol. The van der Waals surface area contributed by atoms with Gasteiger partial charge in [-0.05, 0) is 32.5 Å². The highest BCUT2D eigenvalue weighted by Crippen LogP contribution is 2.25. The van der Waals surface area contributed by atoms with E-state index in [2.05, 4.69) is 27.0 Å². The Morgan fingerprint density at radius 2 is 1.87 bits per heavy atom. The summed E-state index contributed by atoms with van der Waals surface area (Å²) in [6, 6.07) is 16.6. The first kappa shape index (κ1) is 27.5. The van der Waals surface area contributed by atoms with Crippen molar-refractivity contribution < 1.29 is 14.3 Å². The summed E-state index contributed by atoms with van der Waals surface area (Å²) < 4.78 is 11.1. The number of benzodiazepines with no additional fused rings is 1. The maximum Gasteiger partial charge on any atom is 0.291 e. The summed E-state index contributed by atoms with van der Waals surface area (Å²) in [6.07, 6.45) is 4.12. The Kier molecular flexibility index (Phi) is 9.01. The molecule has 0 bridgehead atoms. The van der Waals surface area contributed by atoms with Crippen LogP contribution in [0.2, 0.25) is 0 Å². The average molecular weight is 528 g/mol. The summed E-state index contributed by atoms with van der Waals surface area (Å²) in [5.41, 5.74) is 9.31. The minimum absolute atomic E-state index is 0.189. The number of aliphatic imine (C=N–C) groups is 3. The van der Waals surface area contributed by atoms with Crippen LogP contribution in [-0.2, 0) is 14.3 Å². The van der Waals surface area contributed by atoms with Crippen molar-refractivity contribution in [2.24, 2.45) is 20.7 Å². The maximum atomic E-state index is 13.1. The van der Waals surface area contributed by atoms with Gasteiger partial charge < -0.3 is 25.4 Å². The Hall–Kier alpha value is -4.57. The molecule has 0 radical (unpaired) electrons. The van der Waals surface area contributed by atoms with Crippen molar-refractivity contribution >= 4 is 35.9 Å². The number of amides is 1. The molecule has 39 heavy (non-hydrogen) atoms. The Morgan fingerprint density at radius 1 is 1.18 bits per heavy atom. The minimum atomic E-state index is -1.22. The van der Waals surface area contributed by atoms with Crippen LogP contribution >= 0.6 is 0 Å². The molecule has 2 aliphatic rings. The van der Waals surface area contributed by atoms with E-state index in [1.165, 1.54) is 0 Å². The third kappa shape index (κ3) is 6.47. The standard InChI is InChI=1S/C29H33N7O3/c1-4-10-22(27(32-2)36-17-15-20(38-3)16-18-36)25(30)39-29(31)35-26-28(37)33-23-14-9-8-13-21(23)24(34-26)19-11-6-5-7-12-19/h4-14,20,26,30H,2,15-18H2,1,3H3,(H2,31,35)(H,33,37)/b10-4-,27-22-,30-25?. The molecule has 4 N–H and O–H groups in total. The highest BCUT2D eigenvalue weighted by Gasteiger charge is 2.27. The molecule has 2 aromatic carbocycles. The van der Waals surface area contributed by atoms with E-state index in [0.717, 1.165) is 24.0 Å². The third-order valence-corrected chi connectivity index (χ3v) is 6.47. The van der Waals surface area contributed by atoms with Crippen LogP contribution in [0.15, 0.2) is 93.1 Å². The first-order valence-corrected chi connectivity index (χ1v) is 12.7. The number of anilines is 1. The van der Waals surface area contributed by atoms with Crippen LogP contribution in [0.25, 0.3) is 0 Å². The van der Waals surface area contributed by atoms with Gasteiger partial charge in [0.15, 0.2) is 0 Å². The van der Waals surface area contributed by atoms with Gasteiger partial charge in [0.05, 0.1) is 23.1 Å². The number of rotatable bonds is 7. The SMILES string of the molecule is C=N/C(=C(\C=C/C)C(=N)O/C(N)=N/C1N=C(c2ccccc2)c2ccccc2NC1=O)N1CCC(OC)CC1. The van der Waals surface area contributed by atoms with E-state index in [0.29, 0.717) is 35.9 Å². The van der Waals surface area contributed by atoms with E-state index in [4.69, 9.17) is 20.6 Å². The lowest BCUT2D eigenvalue weighted by atomic mass is 10.0. The van der Waals surface area contributed by atoms with Crippen molar-refractivity contribution in [1.29, 1.82) is 5.41 Å². The Balaban J connectivity index is 1.62. The fraction of sp³-hybridized carbons (Fsp3) is 0.276. The number of carbonyl (C=O) groups excluding carboxylic acids is 1. The second-order valence-corrected chi connectivity index (χ2v) is 8.97. The summed E-state index contributed by atoms with van der Waals surface area (Å²) >= 11 is 0. The largest absolute Gasteiger partial charge is 0.407 e. The molecule has 0 saturated carbocycles. The van der Waals surface area contributed by atoms with Crippen LogP contribution in [0.3, 0.4) is 0 Å². The molecule has 1 fully saturated rings. The number of hydrogen-bond acceptors (Lipinski definition) is 8. The van der Waals surface area contributed by atoms with Gasteiger partial charge in [0.1, 0.15) is 5.82 Å². The molecular formula is C29H33N7O3. The molecule has 0 aromatic heterocycles. The Bertz CT molecular complexity index is 1340. The van der Waals surface area contributed by atoms with E-state index >= 15 is 0 Å². The second kappa shape index (κ2) is 12.8. The first-order chi connectivity index (χ1) is 18.9. The zero-order chi connectivity index (χ0) is 27.8. The number of methoxy groups -OCH3 is 1. The number of nitrogens with two attached hydrogens (primary N) is 1. The summed E-state index contributed by atoms with van der Waals surface area (Å²) in [4.78, 5) is 28.2. The van der Waals surface area contributed by atoms with Gasteiger partial charge in [-0.3, -0.25) is 10.2 Å². The topological polar surface area (TPSA) is 138 Å². The molecule has 1 saturated heterocycles. The number of hydrogen-bond donors (Lipinski definition) is 3. The third-order valence-electron chi connectivity index (χ3n) is 6.47. The van der Waals surface area contributed by atoms with Crippen molar-refractivity contribution in [3.63, 3.8) is 0 Å². The van der Waals surface area contributed by atoms with Crippen LogP contribution in [0.1, 0.15) is 30.9 Å². The van der Waals surface area contributed by atoms with E-state index in [-0.39, 0.29) is 18.0 Å². The van der Waals surface area contributed by atoms with E-state index in [1.54, 1.807) is 25.3 Å². The van der Waals surface area contributed by atoms with Gasteiger partial charge in [-0.15, -0.1) is 0 Å². The molecule has 2 aromatic rings. The van der Waals surface area contributed by atoms with Crippen molar-refractivity contribution in [2.45, 2.75) is 32.0 Å². The number of carbonyl (C=O) groups is 1. The van der Waals surface area contributed by atoms with Gasteiger partial charge in [0, 0.05) is 31.3 Å². The summed E-state index contributed by atoms with van der Waals surface area (Å²) in [6.45, 7) is 6.94. The number of fused-ring (bicyclic) bond motifs is 1. The number of allylic oxidation sites excluding steroid dienone is 1. The number of benzene rings is 2. The number of nitrogens with one attached hydrogen (secondary N) is 2. The molecule has 0 aliphatic carbocycles. The summed E-state index contributed by atoms with van der Waals surface area (Å²) in [7, 11) is 1.71. The van der Waals surface area contributed by atoms with Gasteiger partial charge in [-0.2, -0.15) is 4.99 Å². The molecule has 2 aliphatic heterocycles. The number of likely N-dealkylation sites (tertiary alicyclic amines) is 1. The van der Waals surface area contributed by atoms with Crippen LogP contribution in [0.5, 0.6) is 0 Å². The minimum Gasteiger partial charge on any atom is -0.407 e. The molecule has 2 heterocycles. The van der Waals surface area contributed by atoms with Crippen molar-refractivity contribution in [1.82, 2.24) is 4.90 Å². The van der Waals surface area contributed by atoms with Gasteiger partial charge in [0.25, 0.3) is 11.9 Å². The molecule has 1 unspecified atom stereocenters. The van der Waals surface area contributed by atoms with Crippen molar-refractivity contribution in [3.8, 4) is 0 Å². The van der Waals surface area contributed by atoms with Crippen molar-refractivity contribution in [2.75, 3.05) is 25.5 Å². The number of ether oxygens (including phenoxy) is 2. The quantitative estimate of drug-likeness (QED) is 0.286. The first-order valence-electron chi connectivity index (χ1n) is 12.7. The van der Waals surface area contributed by atoms with E-state index in [1.807, 2.05) is 60.4 Å². The zero-order valence-corrected chi connectivity index (χ0v) is 22.1. The fourth-order valence-electron chi connectivity index (χ4n) is 4.54. The molecule has 10 heteroatoms. The predicted molar refractivity (Wildman–Crippen MR) is 154 cm³/mol. The van der Waals surface area contributed by atoms with Crippen LogP contribution in [0.4, 0.5) is 5.69 Å². The van der Waals surface area contributed by atoms with Gasteiger partial charge >= 0.3 is 0 Å². The van der Waals surface area contributed by atoms with Crippen LogP contribution < -0.4 is 11.1 Å². The van der Waals surface area contributed by atoms with Gasteiger partial charge in [-0.25, -0.2) is 9.98 Å². The average Bonchev–Trinajstić information content (AvgIpc) is 3.09. The number of amidine groups is 1. The Morgan fingerprint density at radius 3 is 2.54 bits per heavy atom. The van der Waals surface area contributed by atoms with Crippen LogP contribution in [-0.4, -0.2) is 67.6 Å². The molecule has 0 spiro atoms. The van der Waals surface area contributed by atoms with Crippen LogP contribution in [0, 0.1) is 5.41 Å². The molecule has 1 atom stereocenters. The molecule has 4 rings (SSSR count). The van der Waals surface area contributed by atoms with Gasteiger partial charge in [-0.1, -0.05) is 60.7 Å². The fourth-order valence-corrected chi connectivity index (χ4v) is 4.54. The zero-order valence-electron chi connectivity index (χ0n) is 22.1. The molecule has 1 amide bonds. The lowest BCUT2D eigenvalue weighted by molar-refractivity contribution is -0.117. The monoisotopic (exact) mass is 527 g/mol.